The Morgan fingerprint density at radius 1 is 1.33 bits per heavy atom. The van der Waals surface area contributed by atoms with Crippen molar-refractivity contribution >= 4 is 17.9 Å². The first kappa shape index (κ1) is 6.30. The Balaban J connectivity index is 3.15. The molecule has 0 aliphatic carbocycles. The molecular weight excluding hydrogens is 141 g/mol. The molecule has 0 radical (unpaired) electrons. The van der Waals surface area contributed by atoms with Gasteiger partial charge in [0.15, 0.2) is 6.29 Å². The van der Waals surface area contributed by atoms with Gasteiger partial charge in [0.1, 0.15) is 0 Å². The summed E-state index contributed by atoms with van der Waals surface area (Å²) in [6, 6.07) is 6.92. The van der Waals surface area contributed by atoms with Crippen LogP contribution in [0.15, 0.2) is 24.3 Å². The summed E-state index contributed by atoms with van der Waals surface area (Å²) in [7, 11) is 0. The third-order valence-corrected chi connectivity index (χ3v) is 1.38. The van der Waals surface area contributed by atoms with Crippen LogP contribution >= 0.6 is 11.6 Å². The lowest BCUT2D eigenvalue weighted by atomic mass is 11.0. The fourth-order valence-electron chi connectivity index (χ4n) is 0.571. The van der Waals surface area contributed by atoms with Crippen molar-refractivity contribution in [3.63, 3.8) is 0 Å². The van der Waals surface area contributed by atoms with E-state index in [0.29, 0.717) is 10.6 Å². The van der Waals surface area contributed by atoms with E-state index in [1.54, 1.807) is 24.3 Å². The number of hydrogen-bond acceptors (Lipinski definition) is 1. The molecule has 9 heavy (non-hydrogen) atoms. The van der Waals surface area contributed by atoms with Crippen molar-refractivity contribution in [2.75, 3.05) is 0 Å². The highest BCUT2D eigenvalue weighted by molar-refractivity contribution is 6.32. The zero-order valence-corrected chi connectivity index (χ0v) is 5.43. The molecule has 1 nitrogen and oxygen atoms in total. The molecule has 0 aliphatic rings. The van der Waals surface area contributed by atoms with E-state index in [0.717, 1.165) is 6.29 Å². The average molecular weight is 147 g/mol. The average Bonchev–Trinajstić information content (AvgIpc) is 1.89. The zero-order valence-electron chi connectivity index (χ0n) is 4.67. The van der Waals surface area contributed by atoms with Crippen LogP contribution in [0.2, 0.25) is 5.02 Å². The second-order valence-corrected chi connectivity index (χ2v) is 2.05. The molecule has 1 aromatic carbocycles. The normalized spacial score (nSPS) is 9.00. The number of halogens is 1. The number of aldehydes is 1. The van der Waals surface area contributed by atoms with Crippen LogP contribution in [-0.4, -0.2) is 6.29 Å². The second kappa shape index (κ2) is 2.65. The first-order valence-corrected chi connectivity index (χ1v) is 2.92. The molecule has 46 valence electrons. The molecule has 0 fully saturated rings. The van der Waals surface area contributed by atoms with E-state index in [4.69, 9.17) is 11.6 Å². The second-order valence-electron chi connectivity index (χ2n) is 1.64. The van der Waals surface area contributed by atoms with Gasteiger partial charge in [0, 0.05) is 5.56 Å². The predicted molar refractivity (Wildman–Crippen MR) is 36.8 cm³/mol. The maximum atomic E-state index is 10.1. The van der Waals surface area contributed by atoms with Gasteiger partial charge in [-0.1, -0.05) is 29.8 Å². The van der Waals surface area contributed by atoms with Gasteiger partial charge in [-0.15, -0.1) is 0 Å². The maximum Gasteiger partial charge on any atom is 0.151 e. The van der Waals surface area contributed by atoms with Gasteiger partial charge in [0.2, 0.25) is 0 Å². The van der Waals surface area contributed by atoms with E-state index in [-0.39, 0.29) is 0 Å². The summed E-state index contributed by atoms with van der Waals surface area (Å²) in [5.41, 5.74) is 0.541. The Kier molecular flexibility index (Phi) is 1.85. The van der Waals surface area contributed by atoms with E-state index in [9.17, 15) is 4.79 Å². The standard InChI is InChI=1S/C7H5ClO/c8-7-4-2-1-3-6(7)5-9/h1-5H/i1+1,2+1,3+1,4+1,6+1,7+1. The van der Waals surface area contributed by atoms with Gasteiger partial charge in [-0.2, -0.15) is 0 Å². The summed E-state index contributed by atoms with van der Waals surface area (Å²) in [6.07, 6.45) is 0.738. The summed E-state index contributed by atoms with van der Waals surface area (Å²) in [5.74, 6) is 0. The minimum absolute atomic E-state index is 0.507. The van der Waals surface area contributed by atoms with E-state index < -0.39 is 0 Å². The first-order valence-electron chi connectivity index (χ1n) is 2.54. The number of hydrogen-bond donors (Lipinski definition) is 0. The highest BCUT2D eigenvalue weighted by atomic mass is 35.5. The summed E-state index contributed by atoms with van der Waals surface area (Å²) in [4.78, 5) is 10.1. The van der Waals surface area contributed by atoms with Gasteiger partial charge in [-0.05, 0) is 6.07 Å². The Hall–Kier alpha value is -0.820. The minimum atomic E-state index is 0.507. The number of carbonyl (C=O) groups excluding carboxylic acids is 1. The molecular formula is C7H5ClO. The van der Waals surface area contributed by atoms with Crippen molar-refractivity contribution < 1.29 is 4.79 Å². The van der Waals surface area contributed by atoms with Crippen molar-refractivity contribution in [1.82, 2.24) is 0 Å². The molecule has 0 amide bonds. The monoisotopic (exact) mass is 146 g/mol. The quantitative estimate of drug-likeness (QED) is 0.555. The van der Waals surface area contributed by atoms with Crippen molar-refractivity contribution in [2.45, 2.75) is 0 Å². The van der Waals surface area contributed by atoms with Gasteiger partial charge in [-0.25, -0.2) is 0 Å². The SMILES string of the molecule is O=C[13c]1[13cH][13cH][13cH][13cH][13c]1Cl. The Morgan fingerprint density at radius 3 is 2.44 bits per heavy atom. The fourth-order valence-corrected chi connectivity index (χ4v) is 0.751. The highest BCUT2D eigenvalue weighted by Crippen LogP contribution is 2.11. The lowest BCUT2D eigenvalue weighted by Gasteiger charge is -1.90. The molecule has 2 heteroatoms. The van der Waals surface area contributed by atoms with Gasteiger partial charge >= 0.3 is 0 Å². The lowest BCUT2D eigenvalue weighted by Crippen LogP contribution is -1.77. The zero-order chi connectivity index (χ0) is 6.69. The molecule has 0 saturated heterocycles. The molecule has 0 aromatic heterocycles. The Bertz CT molecular complexity index is 220. The van der Waals surface area contributed by atoms with E-state index >= 15 is 0 Å². The van der Waals surface area contributed by atoms with Crippen LogP contribution in [0.1, 0.15) is 10.4 Å². The molecule has 0 aliphatic heterocycles. The fraction of sp³-hybridized carbons (Fsp3) is 0. The largest absolute Gasteiger partial charge is 0.298 e. The van der Waals surface area contributed by atoms with Crippen LogP contribution < -0.4 is 0 Å². The summed E-state index contributed by atoms with van der Waals surface area (Å²) in [6.45, 7) is 0. The van der Waals surface area contributed by atoms with Gasteiger partial charge in [0.25, 0.3) is 0 Å². The van der Waals surface area contributed by atoms with Gasteiger partial charge in [-0.3, -0.25) is 4.79 Å². The van der Waals surface area contributed by atoms with E-state index in [1.807, 2.05) is 0 Å². The van der Waals surface area contributed by atoms with Crippen molar-refractivity contribution in [2.24, 2.45) is 0 Å². The smallest absolute Gasteiger partial charge is 0.151 e. The third-order valence-electron chi connectivity index (χ3n) is 1.03. The number of rotatable bonds is 1. The van der Waals surface area contributed by atoms with Gasteiger partial charge in [0.05, 0.1) is 5.02 Å². The molecule has 0 N–H and O–H groups in total. The van der Waals surface area contributed by atoms with Gasteiger partial charge < -0.3 is 0 Å². The maximum absolute atomic E-state index is 10.1. The van der Waals surface area contributed by atoms with Crippen molar-refractivity contribution in [1.29, 1.82) is 0 Å². The van der Waals surface area contributed by atoms with Crippen LogP contribution in [-0.2, 0) is 0 Å². The lowest BCUT2D eigenvalue weighted by molar-refractivity contribution is 0.112. The Labute approximate surface area is 58.3 Å². The first-order chi connectivity index (χ1) is 4.34. The van der Waals surface area contributed by atoms with E-state index in [2.05, 4.69) is 0 Å². The number of carbonyl (C=O) groups is 1. The molecule has 0 unspecified atom stereocenters. The van der Waals surface area contributed by atoms with Crippen LogP contribution in [0.25, 0.3) is 0 Å². The third kappa shape index (κ3) is 1.30. The predicted octanol–water partition coefficient (Wildman–Crippen LogP) is 2.15. The van der Waals surface area contributed by atoms with Crippen LogP contribution in [0.3, 0.4) is 0 Å². The molecule has 0 saturated carbocycles. The van der Waals surface area contributed by atoms with Crippen LogP contribution in [0.4, 0.5) is 0 Å². The highest BCUT2D eigenvalue weighted by Gasteiger charge is 1.92. The molecule has 0 spiro atoms. The van der Waals surface area contributed by atoms with Crippen molar-refractivity contribution in [3.8, 4) is 0 Å². The molecule has 0 bridgehead atoms. The summed E-state index contributed by atoms with van der Waals surface area (Å²) >= 11 is 5.59. The minimum Gasteiger partial charge on any atom is -0.298 e. The van der Waals surface area contributed by atoms with E-state index in [1.165, 1.54) is 0 Å². The summed E-state index contributed by atoms with van der Waals surface area (Å²) < 4.78 is 0. The van der Waals surface area contributed by atoms with Crippen molar-refractivity contribution in [3.05, 3.63) is 34.9 Å². The molecule has 0 heterocycles. The topological polar surface area (TPSA) is 17.1 Å². The number of benzene rings is 1. The molecule has 1 rings (SSSR count). The Morgan fingerprint density at radius 2 is 2.00 bits per heavy atom. The molecule has 0 atom stereocenters. The summed E-state index contributed by atoms with van der Waals surface area (Å²) in [5, 5.41) is 0.507. The van der Waals surface area contributed by atoms with Crippen LogP contribution in [0.5, 0.6) is 0 Å². The molecule has 1 aromatic rings. The van der Waals surface area contributed by atoms with Crippen LogP contribution in [0, 0.1) is 0 Å².